The molecule has 1 heterocycles. The Hall–Kier alpha value is -1.06. The van der Waals surface area contributed by atoms with Crippen LogP contribution >= 0.6 is 15.9 Å². The quantitative estimate of drug-likeness (QED) is 0.893. The zero-order valence-electron chi connectivity index (χ0n) is 11.0. The second kappa shape index (κ2) is 5.93. The van der Waals surface area contributed by atoms with E-state index >= 15 is 0 Å². The summed E-state index contributed by atoms with van der Waals surface area (Å²) < 4.78 is 1.13. The number of anilines is 1. The highest BCUT2D eigenvalue weighted by atomic mass is 79.9. The van der Waals surface area contributed by atoms with E-state index in [1.807, 2.05) is 0 Å². The SMILES string of the molecule is Brc1ccc2cc(NCC3CCCNC3)ccc2c1. The Morgan fingerprint density at radius 3 is 2.84 bits per heavy atom. The summed E-state index contributed by atoms with van der Waals surface area (Å²) in [5.74, 6) is 0.759. The van der Waals surface area contributed by atoms with Crippen LogP contribution in [0, 0.1) is 5.92 Å². The molecule has 0 saturated carbocycles. The summed E-state index contributed by atoms with van der Waals surface area (Å²) in [7, 11) is 0. The lowest BCUT2D eigenvalue weighted by molar-refractivity contribution is 0.393. The van der Waals surface area contributed by atoms with Crippen molar-refractivity contribution in [2.24, 2.45) is 5.92 Å². The lowest BCUT2D eigenvalue weighted by atomic mass is 9.99. The van der Waals surface area contributed by atoms with Crippen LogP contribution in [-0.2, 0) is 0 Å². The van der Waals surface area contributed by atoms with Crippen molar-refractivity contribution < 1.29 is 0 Å². The number of benzene rings is 2. The Morgan fingerprint density at radius 2 is 2.00 bits per heavy atom. The van der Waals surface area contributed by atoms with E-state index in [0.29, 0.717) is 0 Å². The van der Waals surface area contributed by atoms with Gasteiger partial charge in [0, 0.05) is 16.7 Å². The molecule has 1 aliphatic rings. The van der Waals surface area contributed by atoms with Crippen molar-refractivity contribution in [2.75, 3.05) is 25.0 Å². The molecule has 2 aromatic rings. The smallest absolute Gasteiger partial charge is 0.0346 e. The molecule has 1 unspecified atom stereocenters. The van der Waals surface area contributed by atoms with Gasteiger partial charge in [-0.1, -0.05) is 28.1 Å². The van der Waals surface area contributed by atoms with Crippen molar-refractivity contribution in [1.82, 2.24) is 5.32 Å². The molecule has 1 atom stereocenters. The van der Waals surface area contributed by atoms with E-state index in [2.05, 4.69) is 63.0 Å². The van der Waals surface area contributed by atoms with Gasteiger partial charge in [-0.2, -0.15) is 0 Å². The van der Waals surface area contributed by atoms with E-state index in [9.17, 15) is 0 Å². The van der Waals surface area contributed by atoms with E-state index in [4.69, 9.17) is 0 Å². The number of fused-ring (bicyclic) bond motifs is 1. The van der Waals surface area contributed by atoms with Crippen LogP contribution in [0.2, 0.25) is 0 Å². The summed E-state index contributed by atoms with van der Waals surface area (Å²) >= 11 is 3.51. The maximum absolute atomic E-state index is 3.57. The summed E-state index contributed by atoms with van der Waals surface area (Å²) in [6, 6.07) is 13.0. The second-order valence-corrected chi connectivity index (χ2v) is 6.22. The minimum absolute atomic E-state index is 0.759. The van der Waals surface area contributed by atoms with Crippen molar-refractivity contribution in [3.8, 4) is 0 Å². The number of nitrogens with one attached hydrogen (secondary N) is 2. The third-order valence-corrected chi connectivity index (χ3v) is 4.29. The highest BCUT2D eigenvalue weighted by Crippen LogP contribution is 2.23. The van der Waals surface area contributed by atoms with Crippen LogP contribution in [0.15, 0.2) is 40.9 Å². The maximum Gasteiger partial charge on any atom is 0.0346 e. The Bertz CT molecular complexity index is 562. The van der Waals surface area contributed by atoms with Gasteiger partial charge in [0.15, 0.2) is 0 Å². The lowest BCUT2D eigenvalue weighted by Crippen LogP contribution is -2.33. The molecule has 0 aromatic heterocycles. The van der Waals surface area contributed by atoms with Gasteiger partial charge < -0.3 is 10.6 Å². The molecule has 2 N–H and O–H groups in total. The maximum atomic E-state index is 3.57. The molecule has 0 amide bonds. The largest absolute Gasteiger partial charge is 0.385 e. The van der Waals surface area contributed by atoms with Crippen LogP contribution in [0.5, 0.6) is 0 Å². The van der Waals surface area contributed by atoms with Gasteiger partial charge in [0.2, 0.25) is 0 Å². The van der Waals surface area contributed by atoms with Crippen molar-refractivity contribution in [1.29, 1.82) is 0 Å². The first-order chi connectivity index (χ1) is 9.31. The Morgan fingerprint density at radius 1 is 1.16 bits per heavy atom. The van der Waals surface area contributed by atoms with Gasteiger partial charge in [-0.3, -0.25) is 0 Å². The number of hydrogen-bond donors (Lipinski definition) is 2. The summed E-state index contributed by atoms with van der Waals surface area (Å²) in [6.45, 7) is 3.39. The molecule has 0 radical (unpaired) electrons. The average molecular weight is 319 g/mol. The highest BCUT2D eigenvalue weighted by Gasteiger charge is 2.12. The van der Waals surface area contributed by atoms with Crippen molar-refractivity contribution >= 4 is 32.4 Å². The fourth-order valence-corrected chi connectivity index (χ4v) is 3.07. The Kier molecular flexibility index (Phi) is 4.04. The van der Waals surface area contributed by atoms with Crippen molar-refractivity contribution in [2.45, 2.75) is 12.8 Å². The molecule has 100 valence electrons. The minimum atomic E-state index is 0.759. The molecule has 3 heteroatoms. The fraction of sp³-hybridized carbons (Fsp3) is 0.375. The van der Waals surface area contributed by atoms with Gasteiger partial charge in [0.1, 0.15) is 0 Å². The number of rotatable bonds is 3. The van der Waals surface area contributed by atoms with Gasteiger partial charge in [0.25, 0.3) is 0 Å². The van der Waals surface area contributed by atoms with Crippen LogP contribution in [0.25, 0.3) is 10.8 Å². The lowest BCUT2D eigenvalue weighted by Gasteiger charge is -2.23. The van der Waals surface area contributed by atoms with E-state index in [0.717, 1.165) is 23.5 Å². The molecule has 3 rings (SSSR count). The molecule has 0 bridgehead atoms. The van der Waals surface area contributed by atoms with Crippen LogP contribution in [-0.4, -0.2) is 19.6 Å². The number of hydrogen-bond acceptors (Lipinski definition) is 2. The van der Waals surface area contributed by atoms with E-state index in [1.165, 1.54) is 35.8 Å². The molecule has 0 spiro atoms. The highest BCUT2D eigenvalue weighted by molar-refractivity contribution is 9.10. The molecule has 1 aliphatic heterocycles. The average Bonchev–Trinajstić information content (AvgIpc) is 2.46. The summed E-state index contributed by atoms with van der Waals surface area (Å²) in [5, 5.41) is 9.60. The first kappa shape index (κ1) is 12.9. The third kappa shape index (κ3) is 3.28. The predicted octanol–water partition coefficient (Wildman–Crippen LogP) is 4.01. The summed E-state index contributed by atoms with van der Waals surface area (Å²) in [4.78, 5) is 0. The van der Waals surface area contributed by atoms with Gasteiger partial charge in [0.05, 0.1) is 0 Å². The molecule has 2 nitrogen and oxygen atoms in total. The van der Waals surface area contributed by atoms with Crippen LogP contribution in [0.3, 0.4) is 0 Å². The Balaban J connectivity index is 1.69. The van der Waals surface area contributed by atoms with Gasteiger partial charge in [-0.05, 0) is 66.9 Å². The summed E-state index contributed by atoms with van der Waals surface area (Å²) in [6.07, 6.45) is 2.64. The topological polar surface area (TPSA) is 24.1 Å². The third-order valence-electron chi connectivity index (χ3n) is 3.80. The molecular weight excluding hydrogens is 300 g/mol. The molecule has 19 heavy (non-hydrogen) atoms. The normalized spacial score (nSPS) is 19.5. The second-order valence-electron chi connectivity index (χ2n) is 5.30. The molecule has 0 aliphatic carbocycles. The van der Waals surface area contributed by atoms with Crippen LogP contribution in [0.4, 0.5) is 5.69 Å². The fourth-order valence-electron chi connectivity index (χ4n) is 2.69. The number of piperidine rings is 1. The number of halogens is 1. The first-order valence-corrected chi connectivity index (χ1v) is 7.74. The van der Waals surface area contributed by atoms with Crippen LogP contribution in [0.1, 0.15) is 12.8 Å². The van der Waals surface area contributed by atoms with Gasteiger partial charge in [-0.15, -0.1) is 0 Å². The monoisotopic (exact) mass is 318 g/mol. The molecule has 1 saturated heterocycles. The molecule has 2 aromatic carbocycles. The zero-order valence-corrected chi connectivity index (χ0v) is 12.5. The van der Waals surface area contributed by atoms with Gasteiger partial charge >= 0.3 is 0 Å². The predicted molar refractivity (Wildman–Crippen MR) is 85.7 cm³/mol. The van der Waals surface area contributed by atoms with Gasteiger partial charge in [-0.25, -0.2) is 0 Å². The Labute approximate surface area is 122 Å². The first-order valence-electron chi connectivity index (χ1n) is 6.95. The van der Waals surface area contributed by atoms with E-state index < -0.39 is 0 Å². The zero-order chi connectivity index (χ0) is 13.1. The minimum Gasteiger partial charge on any atom is -0.385 e. The van der Waals surface area contributed by atoms with Crippen LogP contribution < -0.4 is 10.6 Å². The van der Waals surface area contributed by atoms with E-state index in [-0.39, 0.29) is 0 Å². The van der Waals surface area contributed by atoms with Crippen molar-refractivity contribution in [3.05, 3.63) is 40.9 Å². The standard InChI is InChI=1S/C16H19BrN2/c17-15-5-3-14-9-16(6-4-13(14)8-15)19-11-12-2-1-7-18-10-12/h3-6,8-9,12,18-19H,1-2,7,10-11H2. The van der Waals surface area contributed by atoms with E-state index in [1.54, 1.807) is 0 Å². The summed E-state index contributed by atoms with van der Waals surface area (Å²) in [5.41, 5.74) is 1.22. The molecule has 1 fully saturated rings. The molecular formula is C16H19BrN2. The van der Waals surface area contributed by atoms with Crippen molar-refractivity contribution in [3.63, 3.8) is 0 Å².